The minimum absolute atomic E-state index is 0.542. The fraction of sp³-hybridized carbons (Fsp3) is 0.387. The Morgan fingerprint density at radius 1 is 0.403 bits per heavy atom. The number of hydrogen-bond donors (Lipinski definition) is 4. The van der Waals surface area contributed by atoms with E-state index in [-0.39, 0.29) is 0 Å². The number of unbranched alkanes of at least 4 members (excludes halogenated alkanes) is 9. The lowest BCUT2D eigenvalue weighted by molar-refractivity contribution is 0.240. The highest BCUT2D eigenvalue weighted by molar-refractivity contribution is 5.82. The summed E-state index contributed by atoms with van der Waals surface area (Å²) in [4.78, 5) is 21.5. The Hall–Kier alpha value is -6.46. The van der Waals surface area contributed by atoms with Crippen molar-refractivity contribution < 1.29 is 14.2 Å². The predicted molar refractivity (Wildman–Crippen MR) is 296 cm³/mol. The summed E-state index contributed by atoms with van der Waals surface area (Å²) < 4.78 is 19.2. The van der Waals surface area contributed by atoms with Crippen LogP contribution in [0.1, 0.15) is 128 Å². The van der Waals surface area contributed by atoms with Gasteiger partial charge in [0.05, 0.1) is 19.8 Å². The van der Waals surface area contributed by atoms with Crippen LogP contribution < -0.4 is 35.6 Å². The second kappa shape index (κ2) is 25.8. The zero-order valence-corrected chi connectivity index (χ0v) is 44.1. The molecule has 0 spiro atoms. The van der Waals surface area contributed by atoms with Crippen molar-refractivity contribution in [1.82, 2.24) is 34.6 Å². The van der Waals surface area contributed by atoms with Crippen LogP contribution >= 0.6 is 0 Å². The number of benzene rings is 3. The maximum absolute atomic E-state index is 6.60. The lowest BCUT2D eigenvalue weighted by atomic mass is 10.0. The van der Waals surface area contributed by atoms with E-state index in [4.69, 9.17) is 14.2 Å². The van der Waals surface area contributed by atoms with Gasteiger partial charge in [-0.2, -0.15) is 0 Å². The summed E-state index contributed by atoms with van der Waals surface area (Å²) in [5.74, 6) is 2.71. The van der Waals surface area contributed by atoms with Crippen molar-refractivity contribution in [3.8, 4) is 17.2 Å². The van der Waals surface area contributed by atoms with Crippen LogP contribution in [0.4, 0.5) is 0 Å². The zero-order valence-electron chi connectivity index (χ0n) is 44.1. The lowest BCUT2D eigenvalue weighted by Gasteiger charge is -2.23. The molecule has 380 valence electrons. The third kappa shape index (κ3) is 14.6. The van der Waals surface area contributed by atoms with Gasteiger partial charge < -0.3 is 48.8 Å². The number of hydrogen-bond acceptors (Lipinski definition) is 6. The van der Waals surface area contributed by atoms with Crippen molar-refractivity contribution in [3.63, 3.8) is 0 Å². The molecule has 7 aromatic rings. The minimum Gasteiger partial charge on any atom is -0.494 e. The van der Waals surface area contributed by atoms with Gasteiger partial charge in [-0.15, -0.1) is 0 Å². The first kappa shape index (κ1) is 51.9. The van der Waals surface area contributed by atoms with E-state index in [0.29, 0.717) is 13.2 Å². The van der Waals surface area contributed by atoms with E-state index in [1.165, 1.54) is 74.5 Å². The Bertz CT molecular complexity index is 3010. The van der Waals surface area contributed by atoms with Crippen LogP contribution in [0, 0.1) is 0 Å². The largest absolute Gasteiger partial charge is 0.494 e. The fourth-order valence-corrected chi connectivity index (χ4v) is 9.84. The second-order valence-corrected chi connectivity index (χ2v) is 20.4. The summed E-state index contributed by atoms with van der Waals surface area (Å²) in [5.41, 5.74) is 12.1. The molecule has 4 N–H and O–H groups in total. The number of nitrogens with one attached hydrogen (secondary N) is 4. The average molecular weight is 970 g/mol. The van der Waals surface area contributed by atoms with Gasteiger partial charge in [-0.3, -0.25) is 0 Å². The van der Waals surface area contributed by atoms with E-state index < -0.39 is 0 Å². The summed E-state index contributed by atoms with van der Waals surface area (Å²) >= 11 is 0. The van der Waals surface area contributed by atoms with Crippen molar-refractivity contribution >= 4 is 23.3 Å². The average Bonchev–Trinajstić information content (AvgIpc) is 4.20. The maximum Gasteiger partial charge on any atom is 0.128 e. The normalized spacial score (nSPS) is 12.5. The van der Waals surface area contributed by atoms with Crippen LogP contribution in [0.2, 0.25) is 0 Å². The Morgan fingerprint density at radius 3 is 1.32 bits per heavy atom. The molecule has 3 aromatic carbocycles. The molecule has 1 aliphatic rings. The molecule has 8 rings (SSSR count). The summed E-state index contributed by atoms with van der Waals surface area (Å²) in [6.45, 7) is 6.64. The molecule has 5 heterocycles. The Kier molecular flexibility index (Phi) is 18.6. The van der Waals surface area contributed by atoms with Crippen LogP contribution in [0.15, 0.2) is 109 Å². The van der Waals surface area contributed by atoms with E-state index >= 15 is 0 Å². The molecule has 10 nitrogen and oxygen atoms in total. The monoisotopic (exact) mass is 970 g/mol. The first-order valence-corrected chi connectivity index (χ1v) is 26.5. The van der Waals surface area contributed by atoms with Gasteiger partial charge >= 0.3 is 0 Å². The molecule has 4 aromatic heterocycles. The molecule has 0 saturated heterocycles. The summed E-state index contributed by atoms with van der Waals surface area (Å²) in [5, 5.41) is 4.06. The molecule has 0 aliphatic carbocycles. The SMILES string of the molecule is CCCCCCCCCCCCOc1ccc(C2=c3ccc([nH]3)=Cc3ccc([nH]3)C=c3ccc([nH]3)=C(c3ccc(OCCCOc4c(CN(C)C)cc(CN(C)C)cc4CN(C)C)cc3)c3ccc2[nH]3)cc1. The van der Waals surface area contributed by atoms with Crippen molar-refractivity contribution in [2.24, 2.45) is 0 Å². The highest BCUT2D eigenvalue weighted by atomic mass is 16.5. The van der Waals surface area contributed by atoms with Gasteiger partial charge in [0.25, 0.3) is 0 Å². The van der Waals surface area contributed by atoms with Crippen molar-refractivity contribution in [3.05, 3.63) is 181 Å². The number of fused-ring (bicyclic) bond motifs is 8. The van der Waals surface area contributed by atoms with Crippen LogP contribution in [0.5, 0.6) is 17.2 Å². The lowest BCUT2D eigenvalue weighted by Crippen LogP contribution is -2.18. The van der Waals surface area contributed by atoms with Gasteiger partial charge in [0, 0.05) is 92.5 Å². The van der Waals surface area contributed by atoms with Gasteiger partial charge in [0.1, 0.15) is 17.2 Å². The smallest absolute Gasteiger partial charge is 0.128 e. The van der Waals surface area contributed by atoms with Crippen molar-refractivity contribution in [1.29, 1.82) is 0 Å². The molecule has 0 radical (unpaired) electrons. The Morgan fingerprint density at radius 2 is 0.847 bits per heavy atom. The molecule has 72 heavy (non-hydrogen) atoms. The van der Waals surface area contributed by atoms with Gasteiger partial charge in [-0.1, -0.05) is 89.0 Å². The molecular weight excluding hydrogens is 891 g/mol. The van der Waals surface area contributed by atoms with E-state index in [9.17, 15) is 0 Å². The van der Waals surface area contributed by atoms with Crippen molar-refractivity contribution in [2.75, 3.05) is 62.1 Å². The molecule has 0 atom stereocenters. The maximum atomic E-state index is 6.60. The third-order valence-corrected chi connectivity index (χ3v) is 13.2. The van der Waals surface area contributed by atoms with Crippen LogP contribution in [-0.4, -0.2) is 96.7 Å². The van der Waals surface area contributed by atoms with Crippen LogP contribution in [0.25, 0.3) is 23.3 Å². The van der Waals surface area contributed by atoms with Gasteiger partial charge in [-0.25, -0.2) is 0 Å². The number of rotatable bonds is 26. The Labute approximate surface area is 428 Å². The van der Waals surface area contributed by atoms with Crippen LogP contribution in [-0.2, 0) is 19.6 Å². The number of ether oxygens (including phenoxy) is 3. The zero-order chi connectivity index (χ0) is 50.2. The van der Waals surface area contributed by atoms with Gasteiger partial charge in [-0.05, 0) is 162 Å². The number of H-pyrrole nitrogens is 4. The highest BCUT2D eigenvalue weighted by Crippen LogP contribution is 2.31. The highest BCUT2D eigenvalue weighted by Gasteiger charge is 2.17. The molecule has 0 saturated carbocycles. The summed E-state index contributed by atoms with van der Waals surface area (Å²) in [7, 11) is 12.7. The molecule has 0 amide bonds. The Balaban J connectivity index is 0.991. The minimum atomic E-state index is 0.542. The topological polar surface area (TPSA) is 101 Å². The first-order valence-electron chi connectivity index (χ1n) is 26.5. The van der Waals surface area contributed by atoms with Crippen molar-refractivity contribution in [2.45, 2.75) is 97.2 Å². The quantitative estimate of drug-likeness (QED) is 0.0404. The van der Waals surface area contributed by atoms with E-state index in [0.717, 1.165) is 123 Å². The van der Waals surface area contributed by atoms with Crippen LogP contribution in [0.3, 0.4) is 0 Å². The van der Waals surface area contributed by atoms with E-state index in [2.05, 4.69) is 205 Å². The summed E-state index contributed by atoms with van der Waals surface area (Å²) in [6, 6.07) is 38.9. The van der Waals surface area contributed by atoms with E-state index in [1.807, 2.05) is 0 Å². The second-order valence-electron chi connectivity index (χ2n) is 20.4. The fourth-order valence-electron chi connectivity index (χ4n) is 9.84. The molecule has 0 unspecified atom stereocenters. The standard InChI is InChI=1S/C62H79N7O3/c1-8-9-10-11-12-13-14-15-16-17-35-70-54-27-19-46(20-28-54)60-56-31-25-52(64-56)40-50-23-24-51(63-50)41-53-26-32-57(65-53)61(59-34-33-58(60)66-59)47-21-29-55(30-22-47)71-36-18-37-72-62-48(43-68(4)5)38-45(42-67(2)3)39-49(62)44-69(6)7/h19-34,38-41,63-66H,8-18,35-37,42-44H2,1-7H3. The first-order chi connectivity index (χ1) is 35.1. The molecule has 1 aliphatic heterocycles. The predicted octanol–water partition coefficient (Wildman–Crippen LogP) is 9.80. The molecular formula is C62H79N7O3. The summed E-state index contributed by atoms with van der Waals surface area (Å²) in [6.07, 6.45) is 18.2. The van der Waals surface area contributed by atoms with Gasteiger partial charge in [0.15, 0.2) is 0 Å². The third-order valence-electron chi connectivity index (χ3n) is 13.2. The molecule has 8 bridgehead atoms. The number of nitrogens with zero attached hydrogens (tertiary/aromatic N) is 3. The van der Waals surface area contributed by atoms with E-state index in [1.54, 1.807) is 0 Å². The number of aromatic nitrogens is 4. The molecule has 10 heteroatoms. The molecule has 0 fully saturated rings. The number of aromatic amines is 4. The van der Waals surface area contributed by atoms with Gasteiger partial charge in [0.2, 0.25) is 0 Å².